The highest BCUT2D eigenvalue weighted by Crippen LogP contribution is 2.21. The van der Waals surface area contributed by atoms with E-state index in [0.29, 0.717) is 12.3 Å². The van der Waals surface area contributed by atoms with Crippen LogP contribution in [0.3, 0.4) is 0 Å². The quantitative estimate of drug-likeness (QED) is 0.692. The van der Waals surface area contributed by atoms with Crippen LogP contribution >= 0.6 is 0 Å². The Balaban J connectivity index is 5.03. The lowest BCUT2D eigenvalue weighted by Crippen LogP contribution is -2.04. The number of hydrogen-bond donors (Lipinski definition) is 1. The van der Waals surface area contributed by atoms with E-state index in [2.05, 4.69) is 6.58 Å². The monoisotopic (exact) mass is 225 g/mol. The highest BCUT2D eigenvalue weighted by molar-refractivity contribution is 5.35. The largest absolute Gasteiger partial charge is 0.397 e. The van der Waals surface area contributed by atoms with Crippen molar-refractivity contribution in [3.05, 3.63) is 35.3 Å². The number of nitrogens with two attached hydrogens (primary N) is 1. The topological polar surface area (TPSA) is 26.0 Å². The molecule has 0 aromatic rings. The van der Waals surface area contributed by atoms with Gasteiger partial charge < -0.3 is 5.73 Å². The highest BCUT2D eigenvalue weighted by Gasteiger charge is 2.08. The third kappa shape index (κ3) is 5.15. The van der Waals surface area contributed by atoms with E-state index >= 15 is 0 Å². The summed E-state index contributed by atoms with van der Waals surface area (Å²) < 4.78 is 13.6. The van der Waals surface area contributed by atoms with Gasteiger partial charge in [0.2, 0.25) is 0 Å². The second kappa shape index (κ2) is 6.51. The third-order valence-corrected chi connectivity index (χ3v) is 2.33. The van der Waals surface area contributed by atoms with Gasteiger partial charge in [-0.1, -0.05) is 39.8 Å². The summed E-state index contributed by atoms with van der Waals surface area (Å²) in [6, 6.07) is 0. The molecule has 0 radical (unpaired) electrons. The van der Waals surface area contributed by atoms with E-state index in [9.17, 15) is 4.39 Å². The Hall–Kier alpha value is -1.05. The lowest BCUT2D eigenvalue weighted by atomic mass is 9.96. The predicted molar refractivity (Wildman–Crippen MR) is 69.5 cm³/mol. The Bertz CT molecular complexity index is 309. The molecule has 0 aromatic heterocycles. The maximum atomic E-state index is 13.6. The Kier molecular flexibility index (Phi) is 6.09. The third-order valence-electron chi connectivity index (χ3n) is 2.33. The van der Waals surface area contributed by atoms with Gasteiger partial charge in [-0.3, -0.25) is 0 Å². The van der Waals surface area contributed by atoms with E-state index in [1.165, 1.54) is 0 Å². The Morgan fingerprint density at radius 1 is 1.31 bits per heavy atom. The van der Waals surface area contributed by atoms with Crippen molar-refractivity contribution in [2.24, 2.45) is 17.6 Å². The van der Waals surface area contributed by atoms with Crippen molar-refractivity contribution < 1.29 is 4.39 Å². The van der Waals surface area contributed by atoms with Crippen LogP contribution in [0.4, 0.5) is 4.39 Å². The number of rotatable bonds is 5. The molecule has 2 N–H and O–H groups in total. The summed E-state index contributed by atoms with van der Waals surface area (Å²) in [5, 5.41) is 0. The molecule has 1 nitrogen and oxygen atoms in total. The zero-order valence-corrected chi connectivity index (χ0v) is 11.1. The van der Waals surface area contributed by atoms with Crippen molar-refractivity contribution in [1.82, 2.24) is 0 Å². The van der Waals surface area contributed by atoms with Crippen LogP contribution in [0, 0.1) is 11.8 Å². The number of hydrogen-bond acceptors (Lipinski definition) is 1. The SMILES string of the molecule is C=C(C)/C(=C\C(N)=C(\F)CC(C)C)C(C)C. The van der Waals surface area contributed by atoms with Gasteiger partial charge in [0.1, 0.15) is 5.83 Å². The molecule has 92 valence electrons. The molecule has 0 bridgehead atoms. The fraction of sp³-hybridized carbons (Fsp3) is 0.571. The molecule has 0 heterocycles. The molecular formula is C14H24FN. The van der Waals surface area contributed by atoms with Gasteiger partial charge in [0.05, 0.1) is 5.70 Å². The Morgan fingerprint density at radius 3 is 2.12 bits per heavy atom. The molecule has 0 saturated carbocycles. The molecule has 16 heavy (non-hydrogen) atoms. The highest BCUT2D eigenvalue weighted by atomic mass is 19.1. The molecule has 0 aromatic carbocycles. The van der Waals surface area contributed by atoms with Gasteiger partial charge in [-0.15, -0.1) is 0 Å². The van der Waals surface area contributed by atoms with Crippen molar-refractivity contribution in [2.45, 2.75) is 41.0 Å². The Labute approximate surface area is 98.9 Å². The summed E-state index contributed by atoms with van der Waals surface area (Å²) in [7, 11) is 0. The molecule has 0 spiro atoms. The van der Waals surface area contributed by atoms with Gasteiger partial charge in [0.15, 0.2) is 0 Å². The first kappa shape index (κ1) is 14.9. The fourth-order valence-electron chi connectivity index (χ4n) is 1.50. The molecule has 0 rings (SSSR count). The predicted octanol–water partition coefficient (Wildman–Crippen LogP) is 4.33. The minimum Gasteiger partial charge on any atom is -0.397 e. The summed E-state index contributed by atoms with van der Waals surface area (Å²) in [4.78, 5) is 0. The zero-order valence-electron chi connectivity index (χ0n) is 11.1. The maximum absolute atomic E-state index is 13.6. The molecule has 2 heteroatoms. The first-order valence-corrected chi connectivity index (χ1v) is 5.77. The van der Waals surface area contributed by atoms with Crippen molar-refractivity contribution in [3.8, 4) is 0 Å². The summed E-state index contributed by atoms with van der Waals surface area (Å²) in [5.74, 6) is 0.358. The van der Waals surface area contributed by atoms with Gasteiger partial charge in [0.25, 0.3) is 0 Å². The lowest BCUT2D eigenvalue weighted by Gasteiger charge is -2.12. The van der Waals surface area contributed by atoms with Crippen LogP contribution in [0.5, 0.6) is 0 Å². The van der Waals surface area contributed by atoms with E-state index in [0.717, 1.165) is 11.1 Å². The smallest absolute Gasteiger partial charge is 0.123 e. The molecule has 0 aliphatic heterocycles. The molecule has 0 atom stereocenters. The van der Waals surface area contributed by atoms with Gasteiger partial charge in [0, 0.05) is 6.42 Å². The first-order valence-electron chi connectivity index (χ1n) is 5.77. The van der Waals surface area contributed by atoms with E-state index in [4.69, 9.17) is 5.73 Å². The minimum atomic E-state index is -0.227. The van der Waals surface area contributed by atoms with Crippen LogP contribution in [0.25, 0.3) is 0 Å². The van der Waals surface area contributed by atoms with Crippen LogP contribution < -0.4 is 5.73 Å². The second-order valence-electron chi connectivity index (χ2n) is 4.99. The zero-order chi connectivity index (χ0) is 12.9. The van der Waals surface area contributed by atoms with Crippen molar-refractivity contribution >= 4 is 0 Å². The fourth-order valence-corrected chi connectivity index (χ4v) is 1.50. The number of halogens is 1. The molecule has 0 saturated heterocycles. The van der Waals surface area contributed by atoms with Crippen LogP contribution in [0.2, 0.25) is 0 Å². The normalized spacial score (nSPS) is 14.4. The standard InChI is InChI=1S/C14H24FN/c1-9(2)7-13(15)14(16)8-12(10(3)4)11(5)6/h8-9,11H,3,7,16H2,1-2,4-6H3/b12-8+,14-13-. The van der Waals surface area contributed by atoms with Gasteiger partial charge in [-0.05, 0) is 30.4 Å². The maximum Gasteiger partial charge on any atom is 0.123 e. The summed E-state index contributed by atoms with van der Waals surface area (Å²) >= 11 is 0. The van der Waals surface area contributed by atoms with Gasteiger partial charge >= 0.3 is 0 Å². The number of allylic oxidation sites excluding steroid dienone is 4. The lowest BCUT2D eigenvalue weighted by molar-refractivity contribution is 0.509. The van der Waals surface area contributed by atoms with Crippen molar-refractivity contribution in [1.29, 1.82) is 0 Å². The molecule has 0 fully saturated rings. The van der Waals surface area contributed by atoms with E-state index in [1.54, 1.807) is 6.08 Å². The molecule has 0 amide bonds. The molecular weight excluding hydrogens is 201 g/mol. The molecule has 0 unspecified atom stereocenters. The summed E-state index contributed by atoms with van der Waals surface area (Å²) in [6.45, 7) is 13.8. The van der Waals surface area contributed by atoms with E-state index in [-0.39, 0.29) is 17.4 Å². The summed E-state index contributed by atoms with van der Waals surface area (Å²) in [5.41, 5.74) is 7.92. The van der Waals surface area contributed by atoms with Crippen LogP contribution in [-0.2, 0) is 0 Å². The minimum absolute atomic E-state index is 0.227. The van der Waals surface area contributed by atoms with Gasteiger partial charge in [-0.25, -0.2) is 4.39 Å². The summed E-state index contributed by atoms with van der Waals surface area (Å²) in [6.07, 6.45) is 2.11. The molecule has 0 aliphatic carbocycles. The van der Waals surface area contributed by atoms with Crippen LogP contribution in [0.15, 0.2) is 35.3 Å². The van der Waals surface area contributed by atoms with Crippen molar-refractivity contribution in [3.63, 3.8) is 0 Å². The van der Waals surface area contributed by atoms with Gasteiger partial charge in [-0.2, -0.15) is 0 Å². The van der Waals surface area contributed by atoms with Crippen LogP contribution in [0.1, 0.15) is 41.0 Å². The average molecular weight is 225 g/mol. The first-order chi connectivity index (χ1) is 7.25. The van der Waals surface area contributed by atoms with Crippen LogP contribution in [-0.4, -0.2) is 0 Å². The van der Waals surface area contributed by atoms with E-state index < -0.39 is 0 Å². The molecule has 0 aliphatic rings. The van der Waals surface area contributed by atoms with Crippen molar-refractivity contribution in [2.75, 3.05) is 0 Å². The second-order valence-corrected chi connectivity index (χ2v) is 4.99. The van der Waals surface area contributed by atoms with E-state index in [1.807, 2.05) is 34.6 Å². The average Bonchev–Trinajstić information content (AvgIpc) is 2.11. The Morgan fingerprint density at radius 2 is 1.81 bits per heavy atom.